The summed E-state index contributed by atoms with van der Waals surface area (Å²) in [6, 6.07) is 8.08. The first-order chi connectivity index (χ1) is 10.3. The summed E-state index contributed by atoms with van der Waals surface area (Å²) in [5, 5.41) is 9.04. The van der Waals surface area contributed by atoms with Crippen molar-refractivity contribution < 1.29 is 0 Å². The highest BCUT2D eigenvalue weighted by atomic mass is 15.1. The van der Waals surface area contributed by atoms with Crippen LogP contribution in [0.15, 0.2) is 18.2 Å². The lowest BCUT2D eigenvalue weighted by Gasteiger charge is -2.10. The normalized spacial score (nSPS) is 15.6. The zero-order valence-corrected chi connectivity index (χ0v) is 12.8. The van der Waals surface area contributed by atoms with Crippen molar-refractivity contribution in [3.05, 3.63) is 29.6 Å². The van der Waals surface area contributed by atoms with E-state index in [1.807, 2.05) is 12.1 Å². The topological polar surface area (TPSA) is 41.6 Å². The van der Waals surface area contributed by atoms with Crippen LogP contribution in [0.3, 0.4) is 0 Å². The summed E-state index contributed by atoms with van der Waals surface area (Å²) in [5.74, 6) is 2.10. The molecule has 1 aromatic heterocycles. The van der Waals surface area contributed by atoms with Gasteiger partial charge in [0.05, 0.1) is 22.7 Å². The van der Waals surface area contributed by atoms with Crippen molar-refractivity contribution in [1.82, 2.24) is 9.55 Å². The van der Waals surface area contributed by atoms with Crippen LogP contribution in [0.2, 0.25) is 0 Å². The van der Waals surface area contributed by atoms with Crippen molar-refractivity contribution in [2.45, 2.75) is 58.4 Å². The van der Waals surface area contributed by atoms with Crippen molar-refractivity contribution in [2.75, 3.05) is 0 Å². The fraction of sp³-hybridized carbons (Fsp3) is 0.556. The van der Waals surface area contributed by atoms with Crippen molar-refractivity contribution in [3.63, 3.8) is 0 Å². The zero-order valence-electron chi connectivity index (χ0n) is 12.8. The lowest BCUT2D eigenvalue weighted by atomic mass is 10.0. The molecule has 21 heavy (non-hydrogen) atoms. The van der Waals surface area contributed by atoms with E-state index in [1.54, 1.807) is 0 Å². The Balaban J connectivity index is 1.88. The minimum atomic E-state index is 0.700. The molecule has 1 aliphatic rings. The monoisotopic (exact) mass is 281 g/mol. The molecular formula is C18H23N3. The van der Waals surface area contributed by atoms with E-state index in [9.17, 15) is 0 Å². The maximum absolute atomic E-state index is 9.04. The molecule has 0 spiro atoms. The molecule has 1 aromatic carbocycles. The highest BCUT2D eigenvalue weighted by Crippen LogP contribution is 2.29. The second kappa shape index (κ2) is 6.30. The summed E-state index contributed by atoms with van der Waals surface area (Å²) < 4.78 is 2.35. The molecule has 1 aliphatic carbocycles. The second-order valence-corrected chi connectivity index (χ2v) is 6.18. The number of imidazole rings is 1. The zero-order chi connectivity index (χ0) is 14.7. The first kappa shape index (κ1) is 14.1. The van der Waals surface area contributed by atoms with Crippen molar-refractivity contribution in [1.29, 1.82) is 5.26 Å². The number of hydrogen-bond donors (Lipinski definition) is 0. The Labute approximate surface area is 126 Å². The number of nitrogens with zero attached hydrogens (tertiary/aromatic N) is 3. The SMILES string of the molecule is CCCn1c(CCC2CCCC2)nc2cc(C#N)ccc21. The smallest absolute Gasteiger partial charge is 0.109 e. The Morgan fingerprint density at radius 2 is 2.14 bits per heavy atom. The van der Waals surface area contributed by atoms with Gasteiger partial charge in [0.15, 0.2) is 0 Å². The van der Waals surface area contributed by atoms with E-state index < -0.39 is 0 Å². The molecule has 0 aliphatic heterocycles. The molecule has 0 atom stereocenters. The van der Waals surface area contributed by atoms with Crippen LogP contribution >= 0.6 is 0 Å². The van der Waals surface area contributed by atoms with Crippen molar-refractivity contribution in [3.8, 4) is 6.07 Å². The van der Waals surface area contributed by atoms with Gasteiger partial charge >= 0.3 is 0 Å². The first-order valence-corrected chi connectivity index (χ1v) is 8.21. The molecule has 0 bridgehead atoms. The van der Waals surface area contributed by atoms with Crippen LogP contribution in [0.4, 0.5) is 0 Å². The summed E-state index contributed by atoms with van der Waals surface area (Å²) in [4.78, 5) is 4.81. The Bertz CT molecular complexity index is 657. The predicted octanol–water partition coefficient (Wildman–Crippen LogP) is 4.44. The summed E-state index contributed by atoms with van der Waals surface area (Å²) in [5.41, 5.74) is 2.85. The fourth-order valence-corrected chi connectivity index (χ4v) is 3.55. The molecule has 1 saturated carbocycles. The van der Waals surface area contributed by atoms with Gasteiger partial charge in [0.2, 0.25) is 0 Å². The maximum atomic E-state index is 9.04. The second-order valence-electron chi connectivity index (χ2n) is 6.18. The van der Waals surface area contributed by atoms with Crippen LogP contribution in [-0.4, -0.2) is 9.55 Å². The van der Waals surface area contributed by atoms with E-state index >= 15 is 0 Å². The predicted molar refractivity (Wildman–Crippen MR) is 85.0 cm³/mol. The van der Waals surface area contributed by atoms with Gasteiger partial charge in [0.25, 0.3) is 0 Å². The molecule has 3 nitrogen and oxygen atoms in total. The molecule has 3 heteroatoms. The Morgan fingerprint density at radius 1 is 1.33 bits per heavy atom. The van der Waals surface area contributed by atoms with Gasteiger partial charge < -0.3 is 4.57 Å². The summed E-state index contributed by atoms with van der Waals surface area (Å²) in [6.07, 6.45) is 9.05. The minimum Gasteiger partial charge on any atom is -0.328 e. The molecule has 3 rings (SSSR count). The summed E-state index contributed by atoms with van der Waals surface area (Å²) >= 11 is 0. The van der Waals surface area contributed by atoms with Gasteiger partial charge in [-0.15, -0.1) is 0 Å². The number of aromatic nitrogens is 2. The number of rotatable bonds is 5. The van der Waals surface area contributed by atoms with Crippen LogP contribution in [-0.2, 0) is 13.0 Å². The lowest BCUT2D eigenvalue weighted by molar-refractivity contribution is 0.488. The van der Waals surface area contributed by atoms with E-state index in [1.165, 1.54) is 43.4 Å². The number of nitriles is 1. The third-order valence-corrected chi connectivity index (χ3v) is 4.65. The molecule has 0 N–H and O–H groups in total. The van der Waals surface area contributed by atoms with E-state index in [2.05, 4.69) is 23.6 Å². The Kier molecular flexibility index (Phi) is 4.24. The lowest BCUT2D eigenvalue weighted by Crippen LogP contribution is -2.06. The molecule has 0 saturated heterocycles. The molecule has 2 aromatic rings. The van der Waals surface area contributed by atoms with Gasteiger partial charge in [-0.2, -0.15) is 5.26 Å². The van der Waals surface area contributed by atoms with Crippen LogP contribution in [0, 0.1) is 17.2 Å². The van der Waals surface area contributed by atoms with Gasteiger partial charge in [-0.3, -0.25) is 0 Å². The fourth-order valence-electron chi connectivity index (χ4n) is 3.55. The van der Waals surface area contributed by atoms with Gasteiger partial charge in [-0.1, -0.05) is 32.6 Å². The van der Waals surface area contributed by atoms with Gasteiger partial charge in [-0.05, 0) is 37.0 Å². The molecule has 110 valence electrons. The van der Waals surface area contributed by atoms with Crippen LogP contribution < -0.4 is 0 Å². The largest absolute Gasteiger partial charge is 0.328 e. The highest BCUT2D eigenvalue weighted by molar-refractivity contribution is 5.77. The van der Waals surface area contributed by atoms with Crippen molar-refractivity contribution in [2.24, 2.45) is 5.92 Å². The molecule has 0 unspecified atom stereocenters. The third kappa shape index (κ3) is 2.95. The van der Waals surface area contributed by atoms with E-state index in [4.69, 9.17) is 10.2 Å². The maximum Gasteiger partial charge on any atom is 0.109 e. The highest BCUT2D eigenvalue weighted by Gasteiger charge is 2.17. The minimum absolute atomic E-state index is 0.700. The number of aryl methyl sites for hydroxylation is 2. The van der Waals surface area contributed by atoms with Crippen LogP contribution in [0.1, 0.15) is 56.8 Å². The standard InChI is InChI=1S/C18H23N3/c1-2-11-21-17-9-7-15(13-19)12-16(17)20-18(21)10-8-14-5-3-4-6-14/h7,9,12,14H,2-6,8,10-11H2,1H3. The molecule has 0 radical (unpaired) electrons. The van der Waals surface area contributed by atoms with Gasteiger partial charge in [-0.25, -0.2) is 4.98 Å². The number of hydrogen-bond acceptors (Lipinski definition) is 2. The first-order valence-electron chi connectivity index (χ1n) is 8.21. The van der Waals surface area contributed by atoms with E-state index in [-0.39, 0.29) is 0 Å². The van der Waals surface area contributed by atoms with E-state index in [0.717, 1.165) is 30.8 Å². The van der Waals surface area contributed by atoms with Gasteiger partial charge in [0, 0.05) is 13.0 Å². The van der Waals surface area contributed by atoms with E-state index in [0.29, 0.717) is 5.56 Å². The number of fused-ring (bicyclic) bond motifs is 1. The average molecular weight is 281 g/mol. The number of benzene rings is 1. The summed E-state index contributed by atoms with van der Waals surface area (Å²) in [7, 11) is 0. The quantitative estimate of drug-likeness (QED) is 0.813. The van der Waals surface area contributed by atoms with Gasteiger partial charge in [0.1, 0.15) is 5.82 Å². The Morgan fingerprint density at radius 3 is 2.86 bits per heavy atom. The average Bonchev–Trinajstić information content (AvgIpc) is 3.13. The third-order valence-electron chi connectivity index (χ3n) is 4.65. The molecule has 1 heterocycles. The van der Waals surface area contributed by atoms with Crippen LogP contribution in [0.25, 0.3) is 11.0 Å². The summed E-state index contributed by atoms with van der Waals surface area (Å²) in [6.45, 7) is 3.22. The molecular weight excluding hydrogens is 258 g/mol. The molecule has 0 amide bonds. The van der Waals surface area contributed by atoms with Crippen molar-refractivity contribution >= 4 is 11.0 Å². The van der Waals surface area contributed by atoms with Crippen LogP contribution in [0.5, 0.6) is 0 Å². The molecule has 1 fully saturated rings. The Hall–Kier alpha value is -1.82.